The lowest BCUT2D eigenvalue weighted by molar-refractivity contribution is -0.190. The van der Waals surface area contributed by atoms with Crippen molar-refractivity contribution in [1.82, 2.24) is 15.3 Å². The van der Waals surface area contributed by atoms with Crippen LogP contribution < -0.4 is 10.7 Å². The fourth-order valence-corrected chi connectivity index (χ4v) is 5.61. The first-order valence-electron chi connectivity index (χ1n) is 11.2. The summed E-state index contributed by atoms with van der Waals surface area (Å²) in [6.45, 7) is 0. The molecule has 4 rings (SSSR count). The molecular formula is C23H26F5N3O2. The van der Waals surface area contributed by atoms with Crippen LogP contribution in [0.15, 0.2) is 23.1 Å². The van der Waals surface area contributed by atoms with E-state index >= 15 is 0 Å². The van der Waals surface area contributed by atoms with Crippen LogP contribution in [0.4, 0.5) is 22.0 Å². The zero-order chi connectivity index (χ0) is 24.0. The third-order valence-corrected chi connectivity index (χ3v) is 7.33. The van der Waals surface area contributed by atoms with Crippen molar-refractivity contribution in [2.75, 3.05) is 7.05 Å². The van der Waals surface area contributed by atoms with Crippen molar-refractivity contribution in [3.8, 4) is 0 Å². The Morgan fingerprint density at radius 3 is 2.52 bits per heavy atom. The maximum absolute atomic E-state index is 13.7. The molecule has 0 radical (unpaired) electrons. The van der Waals surface area contributed by atoms with Gasteiger partial charge >= 0.3 is 6.18 Å². The molecule has 2 aliphatic rings. The predicted molar refractivity (Wildman–Crippen MR) is 112 cm³/mol. The van der Waals surface area contributed by atoms with Crippen LogP contribution in [-0.4, -0.2) is 35.0 Å². The van der Waals surface area contributed by atoms with Gasteiger partial charge in [0.05, 0.1) is 16.8 Å². The zero-order valence-electron chi connectivity index (χ0n) is 18.1. The molecule has 2 aromatic heterocycles. The van der Waals surface area contributed by atoms with Crippen molar-refractivity contribution < 1.29 is 26.7 Å². The summed E-state index contributed by atoms with van der Waals surface area (Å²) in [7, 11) is 1.42. The van der Waals surface area contributed by atoms with Crippen LogP contribution in [0.1, 0.15) is 67.0 Å². The lowest BCUT2D eigenvalue weighted by atomic mass is 9.64. The lowest BCUT2D eigenvalue weighted by Gasteiger charge is -2.43. The number of aromatic nitrogens is 2. The first kappa shape index (κ1) is 23.6. The minimum atomic E-state index is -4.34. The second-order valence-corrected chi connectivity index (χ2v) is 9.27. The summed E-state index contributed by atoms with van der Waals surface area (Å²) < 4.78 is 68.1. The summed E-state index contributed by atoms with van der Waals surface area (Å²) in [4.78, 5) is 32.2. The molecule has 2 saturated carbocycles. The minimum Gasteiger partial charge on any atom is -0.358 e. The summed E-state index contributed by atoms with van der Waals surface area (Å²) >= 11 is 0. The normalized spacial score (nSPS) is 26.3. The number of halogens is 5. The molecule has 0 aromatic carbocycles. The standard InChI is InChI=1S/C23H26F5N3O2/c1-29-21(33)20-19-16(6-9-30-20)31-17(11-18(19)32)14-3-2-13(23(26,27)28)10-15(14)12-4-7-22(24,25)8-5-12/h6,9,11-15H,2-5,7-8,10H2,1H3,(H,29,33)(H,31,32)/t13-,14+,15-/m0/s1. The van der Waals surface area contributed by atoms with Gasteiger partial charge in [0.25, 0.3) is 5.91 Å². The maximum Gasteiger partial charge on any atom is 0.391 e. The largest absolute Gasteiger partial charge is 0.391 e. The van der Waals surface area contributed by atoms with Crippen molar-refractivity contribution in [2.45, 2.75) is 63.0 Å². The molecule has 0 aliphatic heterocycles. The number of rotatable bonds is 3. The second kappa shape index (κ2) is 8.68. The Morgan fingerprint density at radius 2 is 1.88 bits per heavy atom. The smallest absolute Gasteiger partial charge is 0.358 e. The van der Waals surface area contributed by atoms with Crippen molar-refractivity contribution in [3.63, 3.8) is 0 Å². The SMILES string of the molecule is CNC(=O)c1nccc2[nH]c([C@@H]3CC[C@H](C(F)(F)F)C[C@H]3C3CCC(F)(F)CC3)cc(=O)c12. The van der Waals surface area contributed by atoms with Gasteiger partial charge in [0.2, 0.25) is 5.92 Å². The summed E-state index contributed by atoms with van der Waals surface area (Å²) in [6, 6.07) is 2.88. The highest BCUT2D eigenvalue weighted by molar-refractivity contribution is 6.04. The number of H-pyrrole nitrogens is 1. The Morgan fingerprint density at radius 1 is 1.18 bits per heavy atom. The maximum atomic E-state index is 13.7. The topological polar surface area (TPSA) is 74.8 Å². The van der Waals surface area contributed by atoms with Crippen LogP contribution in [0.2, 0.25) is 0 Å². The molecule has 2 heterocycles. The van der Waals surface area contributed by atoms with E-state index in [2.05, 4.69) is 15.3 Å². The van der Waals surface area contributed by atoms with Gasteiger partial charge in [-0.3, -0.25) is 14.6 Å². The Hall–Kier alpha value is -2.52. The molecule has 10 heteroatoms. The molecule has 33 heavy (non-hydrogen) atoms. The number of hydrogen-bond donors (Lipinski definition) is 2. The van der Waals surface area contributed by atoms with Crippen LogP contribution in [0.5, 0.6) is 0 Å². The number of carbonyl (C=O) groups excluding carboxylic acids is 1. The van der Waals surface area contributed by atoms with E-state index in [4.69, 9.17) is 0 Å². The van der Waals surface area contributed by atoms with Gasteiger partial charge in [0, 0.05) is 43.8 Å². The highest BCUT2D eigenvalue weighted by atomic mass is 19.4. The van der Waals surface area contributed by atoms with Crippen molar-refractivity contribution in [3.05, 3.63) is 39.9 Å². The number of hydrogen-bond acceptors (Lipinski definition) is 3. The Labute approximate surface area is 187 Å². The Bertz CT molecular complexity index is 1090. The fourth-order valence-electron chi connectivity index (χ4n) is 5.61. The molecular weight excluding hydrogens is 445 g/mol. The van der Waals surface area contributed by atoms with Gasteiger partial charge in [-0.25, -0.2) is 8.78 Å². The van der Waals surface area contributed by atoms with Gasteiger partial charge in [-0.15, -0.1) is 0 Å². The highest BCUT2D eigenvalue weighted by Gasteiger charge is 2.48. The Kier molecular flexibility index (Phi) is 6.22. The quantitative estimate of drug-likeness (QED) is 0.607. The Balaban J connectivity index is 1.72. The van der Waals surface area contributed by atoms with Gasteiger partial charge < -0.3 is 10.3 Å². The number of pyridine rings is 2. The summed E-state index contributed by atoms with van der Waals surface area (Å²) in [5.41, 5.74) is 0.384. The molecule has 0 unspecified atom stereocenters. The molecule has 2 fully saturated rings. The van der Waals surface area contributed by atoms with Gasteiger partial charge in [0.15, 0.2) is 5.43 Å². The van der Waals surface area contributed by atoms with Crippen LogP contribution in [0.3, 0.4) is 0 Å². The highest BCUT2D eigenvalue weighted by Crippen LogP contribution is 2.52. The third-order valence-electron chi connectivity index (χ3n) is 7.33. The van der Waals surface area contributed by atoms with E-state index in [-0.39, 0.29) is 67.9 Å². The molecule has 0 saturated heterocycles. The lowest BCUT2D eigenvalue weighted by Crippen LogP contribution is -2.38. The fraction of sp³-hybridized carbons (Fsp3) is 0.609. The number of alkyl halides is 5. The number of nitrogens with one attached hydrogen (secondary N) is 2. The van der Waals surface area contributed by atoms with Crippen molar-refractivity contribution in [1.29, 1.82) is 0 Å². The van der Waals surface area contributed by atoms with Crippen molar-refractivity contribution >= 4 is 16.8 Å². The average molecular weight is 471 g/mol. The molecule has 1 amide bonds. The van der Waals surface area contributed by atoms with Crippen molar-refractivity contribution in [2.24, 2.45) is 17.8 Å². The number of carbonyl (C=O) groups is 1. The number of aromatic amines is 1. The number of fused-ring (bicyclic) bond motifs is 1. The van der Waals surface area contributed by atoms with E-state index in [1.807, 2.05) is 0 Å². The van der Waals surface area contributed by atoms with Crippen LogP contribution >= 0.6 is 0 Å². The minimum absolute atomic E-state index is 0.0327. The van der Waals surface area contributed by atoms with Crippen LogP contribution in [0, 0.1) is 17.8 Å². The summed E-state index contributed by atoms with van der Waals surface area (Å²) in [5.74, 6) is -5.88. The molecule has 180 valence electrons. The summed E-state index contributed by atoms with van der Waals surface area (Å²) in [6.07, 6.45) is -3.28. The molecule has 5 nitrogen and oxygen atoms in total. The van der Waals surface area contributed by atoms with E-state index in [9.17, 15) is 31.5 Å². The predicted octanol–water partition coefficient (Wildman–Crippen LogP) is 5.17. The molecule has 2 aliphatic carbocycles. The second-order valence-electron chi connectivity index (χ2n) is 9.27. The molecule has 2 aromatic rings. The summed E-state index contributed by atoms with van der Waals surface area (Å²) in [5, 5.41) is 2.54. The molecule has 0 bridgehead atoms. The monoisotopic (exact) mass is 471 g/mol. The first-order chi connectivity index (χ1) is 15.5. The molecule has 0 spiro atoms. The average Bonchev–Trinajstić information content (AvgIpc) is 2.77. The van der Waals surface area contributed by atoms with Gasteiger partial charge in [-0.1, -0.05) is 0 Å². The van der Waals surface area contributed by atoms with Gasteiger partial charge in [-0.2, -0.15) is 13.2 Å². The van der Waals surface area contributed by atoms with Crippen LogP contribution in [0.25, 0.3) is 10.9 Å². The van der Waals surface area contributed by atoms with Gasteiger partial charge in [-0.05, 0) is 50.0 Å². The first-order valence-corrected chi connectivity index (χ1v) is 11.2. The van der Waals surface area contributed by atoms with E-state index in [1.165, 1.54) is 19.3 Å². The number of amides is 1. The third kappa shape index (κ3) is 4.75. The van der Waals surface area contributed by atoms with Gasteiger partial charge in [0.1, 0.15) is 5.69 Å². The van der Waals surface area contributed by atoms with E-state index in [0.717, 1.165) is 0 Å². The van der Waals surface area contributed by atoms with E-state index in [1.54, 1.807) is 6.07 Å². The number of nitrogens with zero attached hydrogens (tertiary/aromatic N) is 1. The van der Waals surface area contributed by atoms with E-state index in [0.29, 0.717) is 11.2 Å². The van der Waals surface area contributed by atoms with E-state index < -0.39 is 35.3 Å². The zero-order valence-corrected chi connectivity index (χ0v) is 18.1. The van der Waals surface area contributed by atoms with Crippen LogP contribution in [-0.2, 0) is 0 Å². The molecule has 3 atom stereocenters. The molecule has 2 N–H and O–H groups in total.